The zero-order chi connectivity index (χ0) is 17.5. The van der Waals surface area contributed by atoms with Crippen LogP contribution in [0.5, 0.6) is 0 Å². The van der Waals surface area contributed by atoms with Gasteiger partial charge in [-0.15, -0.1) is 6.58 Å². The maximum absolute atomic E-state index is 13.0. The van der Waals surface area contributed by atoms with Gasteiger partial charge >= 0.3 is 0 Å². The van der Waals surface area contributed by atoms with Gasteiger partial charge in [0, 0.05) is 23.2 Å². The van der Waals surface area contributed by atoms with Crippen molar-refractivity contribution in [3.8, 4) is 23.1 Å². The number of hydrogen-bond donors (Lipinski definition) is 0. The van der Waals surface area contributed by atoms with E-state index >= 15 is 0 Å². The number of aromatic nitrogens is 1. The highest BCUT2D eigenvalue weighted by molar-refractivity contribution is 5.59. The third-order valence-corrected chi connectivity index (χ3v) is 4.95. The smallest absolute Gasteiger partial charge is 0.123 e. The predicted octanol–water partition coefficient (Wildman–Crippen LogP) is 6.01. The molecule has 0 radical (unpaired) electrons. The molecule has 0 bridgehead atoms. The van der Waals surface area contributed by atoms with Crippen molar-refractivity contribution in [2.24, 2.45) is 11.8 Å². The second-order valence-electron chi connectivity index (χ2n) is 6.79. The molecule has 1 saturated carbocycles. The topological polar surface area (TPSA) is 12.9 Å². The van der Waals surface area contributed by atoms with E-state index in [1.807, 2.05) is 18.2 Å². The van der Waals surface area contributed by atoms with Crippen LogP contribution in [0, 0.1) is 29.5 Å². The lowest BCUT2D eigenvalue weighted by atomic mass is 9.80. The van der Waals surface area contributed by atoms with Crippen LogP contribution in [0.4, 0.5) is 4.39 Å². The number of benzene rings is 1. The first-order chi connectivity index (χ1) is 12.2. The molecule has 0 spiro atoms. The van der Waals surface area contributed by atoms with Crippen LogP contribution in [0.1, 0.15) is 44.1 Å². The van der Waals surface area contributed by atoms with E-state index in [2.05, 4.69) is 23.4 Å². The van der Waals surface area contributed by atoms with E-state index in [0.29, 0.717) is 5.92 Å². The van der Waals surface area contributed by atoms with E-state index < -0.39 is 0 Å². The molecule has 1 aliphatic rings. The summed E-state index contributed by atoms with van der Waals surface area (Å²) in [6.45, 7) is 3.81. The Bertz CT molecular complexity index is 741. The molecule has 3 rings (SSSR count). The molecule has 0 aliphatic heterocycles. The average molecular weight is 333 g/mol. The highest BCUT2D eigenvalue weighted by Gasteiger charge is 2.18. The molecule has 1 aromatic heterocycles. The average Bonchev–Trinajstić information content (AvgIpc) is 2.67. The lowest BCUT2D eigenvalue weighted by Crippen LogP contribution is -2.13. The Morgan fingerprint density at radius 3 is 2.48 bits per heavy atom. The minimum absolute atomic E-state index is 0.231. The fourth-order valence-electron chi connectivity index (χ4n) is 3.39. The fraction of sp³-hybridized carbons (Fsp3) is 0.348. The minimum Gasteiger partial charge on any atom is -0.255 e. The SMILES string of the molecule is C=CCCC1CCC(C#Cc2ccc(-c3ccc(F)cc3)nc2)CC1. The highest BCUT2D eigenvalue weighted by atomic mass is 19.1. The molecule has 0 N–H and O–H groups in total. The number of nitrogens with zero attached hydrogens (tertiary/aromatic N) is 1. The number of halogens is 1. The molecular weight excluding hydrogens is 309 g/mol. The summed E-state index contributed by atoms with van der Waals surface area (Å²) in [7, 11) is 0. The van der Waals surface area contributed by atoms with Gasteiger partial charge in [0.25, 0.3) is 0 Å². The lowest BCUT2D eigenvalue weighted by molar-refractivity contribution is 0.303. The van der Waals surface area contributed by atoms with E-state index in [1.165, 1.54) is 44.2 Å². The number of allylic oxidation sites excluding steroid dienone is 1. The fourth-order valence-corrected chi connectivity index (χ4v) is 3.39. The molecule has 0 amide bonds. The monoisotopic (exact) mass is 333 g/mol. The van der Waals surface area contributed by atoms with Crippen LogP contribution in [0.2, 0.25) is 0 Å². The van der Waals surface area contributed by atoms with E-state index in [9.17, 15) is 4.39 Å². The maximum Gasteiger partial charge on any atom is 0.123 e. The first-order valence-corrected chi connectivity index (χ1v) is 9.09. The zero-order valence-electron chi connectivity index (χ0n) is 14.5. The van der Waals surface area contributed by atoms with E-state index in [4.69, 9.17) is 0 Å². The summed E-state index contributed by atoms with van der Waals surface area (Å²) >= 11 is 0. The quantitative estimate of drug-likeness (QED) is 0.493. The normalized spacial score (nSPS) is 19.7. The van der Waals surface area contributed by atoms with Gasteiger partial charge in [-0.05, 0) is 80.8 Å². The van der Waals surface area contributed by atoms with Crippen LogP contribution < -0.4 is 0 Å². The van der Waals surface area contributed by atoms with Crippen LogP contribution in [0.3, 0.4) is 0 Å². The second-order valence-corrected chi connectivity index (χ2v) is 6.79. The van der Waals surface area contributed by atoms with Gasteiger partial charge in [0.05, 0.1) is 5.69 Å². The van der Waals surface area contributed by atoms with E-state index in [1.54, 1.807) is 18.3 Å². The largest absolute Gasteiger partial charge is 0.255 e. The first kappa shape index (κ1) is 17.4. The molecule has 0 unspecified atom stereocenters. The molecule has 0 atom stereocenters. The Morgan fingerprint density at radius 2 is 1.84 bits per heavy atom. The van der Waals surface area contributed by atoms with Gasteiger partial charge in [0.15, 0.2) is 0 Å². The van der Waals surface area contributed by atoms with Crippen molar-refractivity contribution in [3.63, 3.8) is 0 Å². The standard InChI is InChI=1S/C23H24FN/c1-2-3-4-18-5-7-19(8-6-18)9-10-20-11-16-23(25-17-20)21-12-14-22(24)15-13-21/h2,11-19H,1,3-8H2. The van der Waals surface area contributed by atoms with Crippen molar-refractivity contribution < 1.29 is 4.39 Å². The predicted molar refractivity (Wildman–Crippen MR) is 101 cm³/mol. The van der Waals surface area contributed by atoms with E-state index in [-0.39, 0.29) is 5.82 Å². The molecular formula is C23H24FN. The van der Waals surface area contributed by atoms with Gasteiger partial charge in [-0.25, -0.2) is 4.39 Å². The molecule has 1 heterocycles. The number of hydrogen-bond acceptors (Lipinski definition) is 1. The Hall–Kier alpha value is -2.40. The third-order valence-electron chi connectivity index (χ3n) is 4.95. The summed E-state index contributed by atoms with van der Waals surface area (Å²) in [5.74, 6) is 7.83. The van der Waals surface area contributed by atoms with Gasteiger partial charge in [0.1, 0.15) is 5.82 Å². The van der Waals surface area contributed by atoms with Crippen molar-refractivity contribution in [1.82, 2.24) is 4.98 Å². The summed E-state index contributed by atoms with van der Waals surface area (Å²) in [4.78, 5) is 4.45. The molecule has 1 fully saturated rings. The molecule has 1 nitrogen and oxygen atoms in total. The van der Waals surface area contributed by atoms with Crippen LogP contribution in [0.25, 0.3) is 11.3 Å². The van der Waals surface area contributed by atoms with Gasteiger partial charge in [-0.1, -0.05) is 17.9 Å². The van der Waals surface area contributed by atoms with Crippen molar-refractivity contribution in [3.05, 3.63) is 66.6 Å². The van der Waals surface area contributed by atoms with Crippen molar-refractivity contribution in [1.29, 1.82) is 0 Å². The number of pyridine rings is 1. The third kappa shape index (κ3) is 5.03. The minimum atomic E-state index is -0.231. The molecule has 0 saturated heterocycles. The summed E-state index contributed by atoms with van der Waals surface area (Å²) in [6.07, 6.45) is 11.2. The Kier molecular flexibility index (Phi) is 6.01. The van der Waals surface area contributed by atoms with Crippen LogP contribution in [-0.2, 0) is 0 Å². The second kappa shape index (κ2) is 8.62. The molecule has 2 heteroatoms. The lowest BCUT2D eigenvalue weighted by Gasteiger charge is -2.25. The van der Waals surface area contributed by atoms with Crippen molar-refractivity contribution in [2.75, 3.05) is 0 Å². The molecule has 25 heavy (non-hydrogen) atoms. The molecule has 1 aliphatic carbocycles. The number of rotatable bonds is 4. The summed E-state index contributed by atoms with van der Waals surface area (Å²) in [6, 6.07) is 10.3. The molecule has 128 valence electrons. The van der Waals surface area contributed by atoms with Crippen LogP contribution in [-0.4, -0.2) is 4.98 Å². The Balaban J connectivity index is 1.57. The highest BCUT2D eigenvalue weighted by Crippen LogP contribution is 2.31. The molecule has 1 aromatic carbocycles. The van der Waals surface area contributed by atoms with Crippen molar-refractivity contribution >= 4 is 0 Å². The van der Waals surface area contributed by atoms with Crippen LogP contribution >= 0.6 is 0 Å². The van der Waals surface area contributed by atoms with Crippen molar-refractivity contribution in [2.45, 2.75) is 38.5 Å². The first-order valence-electron chi connectivity index (χ1n) is 9.09. The van der Waals surface area contributed by atoms with E-state index in [0.717, 1.165) is 29.2 Å². The van der Waals surface area contributed by atoms with Gasteiger partial charge in [-0.3, -0.25) is 4.98 Å². The maximum atomic E-state index is 13.0. The molecule has 2 aromatic rings. The van der Waals surface area contributed by atoms with Crippen LogP contribution in [0.15, 0.2) is 55.3 Å². The summed E-state index contributed by atoms with van der Waals surface area (Å²) in [5, 5.41) is 0. The summed E-state index contributed by atoms with van der Waals surface area (Å²) in [5.41, 5.74) is 2.70. The summed E-state index contributed by atoms with van der Waals surface area (Å²) < 4.78 is 13.0. The van der Waals surface area contributed by atoms with Gasteiger partial charge in [0.2, 0.25) is 0 Å². The van der Waals surface area contributed by atoms with Gasteiger partial charge in [-0.2, -0.15) is 0 Å². The Morgan fingerprint density at radius 1 is 1.08 bits per heavy atom. The zero-order valence-corrected chi connectivity index (χ0v) is 14.5. The van der Waals surface area contributed by atoms with Gasteiger partial charge < -0.3 is 0 Å². The Labute approximate surface area is 150 Å².